The van der Waals surface area contributed by atoms with E-state index in [4.69, 9.17) is 5.11 Å². The van der Waals surface area contributed by atoms with Crippen LogP contribution >= 0.6 is 11.3 Å². The van der Waals surface area contributed by atoms with Gasteiger partial charge in [0.25, 0.3) is 10.0 Å². The van der Waals surface area contributed by atoms with E-state index in [-0.39, 0.29) is 17.2 Å². The minimum Gasteiger partial charge on any atom is -0.481 e. The molecule has 0 amide bonds. The third-order valence-electron chi connectivity index (χ3n) is 2.44. The second-order valence-electron chi connectivity index (χ2n) is 3.85. The van der Waals surface area contributed by atoms with Gasteiger partial charge in [-0.3, -0.25) is 4.79 Å². The minimum atomic E-state index is -3.65. The van der Waals surface area contributed by atoms with Crippen molar-refractivity contribution in [2.45, 2.75) is 37.4 Å². The molecule has 102 valence electrons. The van der Waals surface area contributed by atoms with Crippen LogP contribution in [0.15, 0.2) is 10.4 Å². The zero-order chi connectivity index (χ0) is 13.9. The number of carboxylic acid groups (broad SMARTS) is 1. The van der Waals surface area contributed by atoms with Crippen LogP contribution in [0.4, 0.5) is 0 Å². The van der Waals surface area contributed by atoms with Crippen LogP contribution < -0.4 is 0 Å². The van der Waals surface area contributed by atoms with Gasteiger partial charge in [-0.25, -0.2) is 13.4 Å². The number of aliphatic carboxylic acids is 1. The smallest absolute Gasteiger partial charge is 0.304 e. The SMILES string of the molecule is CCN(C(C)CC(=O)O)S(=O)(=O)c1cnc(C)s1. The largest absolute Gasteiger partial charge is 0.481 e. The number of carbonyl (C=O) groups is 1. The lowest BCUT2D eigenvalue weighted by Gasteiger charge is -2.25. The van der Waals surface area contributed by atoms with E-state index in [1.165, 1.54) is 10.5 Å². The molecular formula is C10H16N2O4S2. The topological polar surface area (TPSA) is 87.6 Å². The van der Waals surface area contributed by atoms with Crippen molar-refractivity contribution in [3.8, 4) is 0 Å². The molecule has 0 aromatic carbocycles. The van der Waals surface area contributed by atoms with Crippen molar-refractivity contribution in [1.82, 2.24) is 9.29 Å². The molecule has 1 unspecified atom stereocenters. The normalized spacial score (nSPS) is 13.8. The molecule has 18 heavy (non-hydrogen) atoms. The second-order valence-corrected chi connectivity index (χ2v) is 7.21. The maximum absolute atomic E-state index is 12.3. The molecule has 0 saturated heterocycles. The molecule has 0 radical (unpaired) electrons. The number of hydrogen-bond donors (Lipinski definition) is 1. The van der Waals surface area contributed by atoms with Gasteiger partial charge in [0, 0.05) is 12.6 Å². The molecule has 1 heterocycles. The van der Waals surface area contributed by atoms with E-state index < -0.39 is 22.0 Å². The number of aromatic nitrogens is 1. The summed E-state index contributed by atoms with van der Waals surface area (Å²) in [7, 11) is -3.65. The zero-order valence-electron chi connectivity index (χ0n) is 10.5. The molecule has 0 saturated carbocycles. The first-order valence-electron chi connectivity index (χ1n) is 5.45. The first kappa shape index (κ1) is 15.1. The van der Waals surface area contributed by atoms with Gasteiger partial charge in [-0.05, 0) is 13.8 Å². The quantitative estimate of drug-likeness (QED) is 0.854. The van der Waals surface area contributed by atoms with Crippen LogP contribution in [0.1, 0.15) is 25.3 Å². The van der Waals surface area contributed by atoms with Gasteiger partial charge in [0.2, 0.25) is 0 Å². The van der Waals surface area contributed by atoms with Gasteiger partial charge in [-0.2, -0.15) is 4.31 Å². The molecule has 0 bridgehead atoms. The highest BCUT2D eigenvalue weighted by atomic mass is 32.2. The standard InChI is InChI=1S/C10H16N2O4S2/c1-4-12(7(2)5-9(13)14)18(15,16)10-6-11-8(3)17-10/h6-7H,4-5H2,1-3H3,(H,13,14). The summed E-state index contributed by atoms with van der Waals surface area (Å²) in [5.74, 6) is -1.02. The molecule has 0 fully saturated rings. The summed E-state index contributed by atoms with van der Waals surface area (Å²) < 4.78 is 25.9. The molecule has 8 heteroatoms. The van der Waals surface area contributed by atoms with Gasteiger partial charge in [0.15, 0.2) is 4.21 Å². The average molecular weight is 292 g/mol. The van der Waals surface area contributed by atoms with Gasteiger partial charge < -0.3 is 5.11 Å². The van der Waals surface area contributed by atoms with Crippen molar-refractivity contribution in [2.24, 2.45) is 0 Å². The van der Waals surface area contributed by atoms with Crippen LogP contribution in [0.5, 0.6) is 0 Å². The summed E-state index contributed by atoms with van der Waals surface area (Å²) >= 11 is 1.09. The summed E-state index contributed by atoms with van der Waals surface area (Å²) in [5, 5.41) is 9.40. The van der Waals surface area contributed by atoms with Crippen molar-refractivity contribution in [3.05, 3.63) is 11.2 Å². The summed E-state index contributed by atoms with van der Waals surface area (Å²) in [6, 6.07) is -0.583. The Morgan fingerprint density at radius 1 is 1.61 bits per heavy atom. The van der Waals surface area contributed by atoms with E-state index in [0.29, 0.717) is 5.01 Å². The Morgan fingerprint density at radius 3 is 2.61 bits per heavy atom. The van der Waals surface area contributed by atoms with E-state index in [2.05, 4.69) is 4.98 Å². The lowest BCUT2D eigenvalue weighted by Crippen LogP contribution is -2.39. The Hall–Kier alpha value is -0.990. The number of carboxylic acids is 1. The van der Waals surface area contributed by atoms with E-state index >= 15 is 0 Å². The van der Waals surface area contributed by atoms with Crippen LogP contribution in [0.3, 0.4) is 0 Å². The van der Waals surface area contributed by atoms with Gasteiger partial charge in [0.1, 0.15) is 0 Å². The fraction of sp³-hybridized carbons (Fsp3) is 0.600. The van der Waals surface area contributed by atoms with E-state index in [1.807, 2.05) is 0 Å². The molecule has 0 spiro atoms. The van der Waals surface area contributed by atoms with E-state index in [9.17, 15) is 13.2 Å². The van der Waals surface area contributed by atoms with Crippen molar-refractivity contribution < 1.29 is 18.3 Å². The molecule has 0 aliphatic carbocycles. The maximum Gasteiger partial charge on any atom is 0.304 e. The lowest BCUT2D eigenvalue weighted by atomic mass is 10.2. The third kappa shape index (κ3) is 3.27. The Labute approximate surface area is 110 Å². The van der Waals surface area contributed by atoms with Crippen molar-refractivity contribution >= 4 is 27.3 Å². The van der Waals surface area contributed by atoms with Crippen LogP contribution in [0.25, 0.3) is 0 Å². The number of thiazole rings is 1. The highest BCUT2D eigenvalue weighted by molar-refractivity contribution is 7.91. The fourth-order valence-corrected chi connectivity index (χ4v) is 4.53. The van der Waals surface area contributed by atoms with Gasteiger partial charge in [-0.1, -0.05) is 6.92 Å². The molecule has 1 atom stereocenters. The van der Waals surface area contributed by atoms with Crippen LogP contribution in [0.2, 0.25) is 0 Å². The molecule has 1 rings (SSSR count). The summed E-state index contributed by atoms with van der Waals surface area (Å²) in [5.41, 5.74) is 0. The van der Waals surface area contributed by atoms with Crippen LogP contribution in [-0.2, 0) is 14.8 Å². The molecule has 0 aliphatic rings. The Morgan fingerprint density at radius 2 is 2.22 bits per heavy atom. The van der Waals surface area contributed by atoms with Crippen LogP contribution in [-0.4, -0.2) is 41.4 Å². The zero-order valence-corrected chi connectivity index (χ0v) is 12.1. The number of aryl methyl sites for hydroxylation is 1. The van der Waals surface area contributed by atoms with E-state index in [0.717, 1.165) is 11.3 Å². The summed E-state index contributed by atoms with van der Waals surface area (Å²) in [6.45, 7) is 5.22. The fourth-order valence-electron chi connectivity index (χ4n) is 1.65. The Kier molecular flexibility index (Phi) is 4.83. The molecule has 0 aliphatic heterocycles. The van der Waals surface area contributed by atoms with Crippen LogP contribution in [0, 0.1) is 6.92 Å². The predicted molar refractivity (Wildman–Crippen MR) is 68.1 cm³/mol. The van der Waals surface area contributed by atoms with Crippen molar-refractivity contribution in [1.29, 1.82) is 0 Å². The molecule has 1 aromatic rings. The van der Waals surface area contributed by atoms with Crippen molar-refractivity contribution in [2.75, 3.05) is 6.54 Å². The van der Waals surface area contributed by atoms with Gasteiger partial charge >= 0.3 is 5.97 Å². The first-order valence-corrected chi connectivity index (χ1v) is 7.70. The summed E-state index contributed by atoms with van der Waals surface area (Å²) in [4.78, 5) is 14.6. The molecule has 1 N–H and O–H groups in total. The minimum absolute atomic E-state index is 0.152. The number of hydrogen-bond acceptors (Lipinski definition) is 5. The lowest BCUT2D eigenvalue weighted by molar-refractivity contribution is -0.137. The van der Waals surface area contributed by atoms with E-state index in [1.54, 1.807) is 20.8 Å². The first-order chi connectivity index (χ1) is 8.28. The highest BCUT2D eigenvalue weighted by Crippen LogP contribution is 2.24. The molecule has 1 aromatic heterocycles. The molecule has 6 nitrogen and oxygen atoms in total. The van der Waals surface area contributed by atoms with Crippen molar-refractivity contribution in [3.63, 3.8) is 0 Å². The number of sulfonamides is 1. The number of nitrogens with zero attached hydrogens (tertiary/aromatic N) is 2. The highest BCUT2D eigenvalue weighted by Gasteiger charge is 2.30. The van der Waals surface area contributed by atoms with Gasteiger partial charge in [-0.15, -0.1) is 11.3 Å². The number of rotatable bonds is 6. The maximum atomic E-state index is 12.3. The Bertz CT molecular complexity index is 524. The second kappa shape index (κ2) is 5.77. The third-order valence-corrected chi connectivity index (χ3v) is 5.88. The van der Waals surface area contributed by atoms with Gasteiger partial charge in [0.05, 0.1) is 17.6 Å². The predicted octanol–water partition coefficient (Wildman–Crippen LogP) is 1.33. The average Bonchev–Trinajstić information content (AvgIpc) is 2.64. The Balaban J connectivity index is 3.04. The monoisotopic (exact) mass is 292 g/mol. The molecular weight excluding hydrogens is 276 g/mol. The summed E-state index contributed by atoms with van der Waals surface area (Å²) in [6.07, 6.45) is 1.09.